The molecule has 0 saturated heterocycles. The van der Waals surface area contributed by atoms with Gasteiger partial charge in [-0.2, -0.15) is 0 Å². The summed E-state index contributed by atoms with van der Waals surface area (Å²) in [6.45, 7) is 0. The Bertz CT molecular complexity index is 577. The Labute approximate surface area is 93.9 Å². The molecule has 0 aliphatic carbocycles. The maximum atomic E-state index is 13.6. The molecule has 0 atom stereocenters. The van der Waals surface area contributed by atoms with E-state index in [1.807, 2.05) is 0 Å². The van der Waals surface area contributed by atoms with Gasteiger partial charge in [0, 0.05) is 22.7 Å². The molecule has 0 amide bonds. The molecule has 0 saturated carbocycles. The van der Waals surface area contributed by atoms with Crippen molar-refractivity contribution in [1.82, 2.24) is 4.98 Å². The van der Waals surface area contributed by atoms with Crippen molar-refractivity contribution >= 4 is 16.9 Å². The second-order valence-electron chi connectivity index (χ2n) is 3.64. The third-order valence-electron chi connectivity index (χ3n) is 2.42. The van der Waals surface area contributed by atoms with Crippen molar-refractivity contribution in [3.8, 4) is 0 Å². The Kier molecular flexibility index (Phi) is 2.57. The number of carboxylic acid groups (broad SMARTS) is 1. The van der Waals surface area contributed by atoms with E-state index in [-0.39, 0.29) is 10.9 Å². The van der Waals surface area contributed by atoms with Crippen molar-refractivity contribution in [3.63, 3.8) is 0 Å². The fourth-order valence-corrected chi connectivity index (χ4v) is 1.71. The Morgan fingerprint density at radius 2 is 2.12 bits per heavy atom. The van der Waals surface area contributed by atoms with E-state index in [1.54, 1.807) is 0 Å². The highest BCUT2D eigenvalue weighted by atomic mass is 19.3. The number of benzene rings is 1. The lowest BCUT2D eigenvalue weighted by atomic mass is 10.0. The molecule has 17 heavy (non-hydrogen) atoms. The third kappa shape index (κ3) is 1.98. The van der Waals surface area contributed by atoms with Crippen LogP contribution in [0.4, 0.5) is 13.2 Å². The highest BCUT2D eigenvalue weighted by Gasteiger charge is 2.37. The van der Waals surface area contributed by atoms with Gasteiger partial charge in [-0.15, -0.1) is 0 Å². The molecule has 0 radical (unpaired) electrons. The zero-order chi connectivity index (χ0) is 12.6. The summed E-state index contributed by atoms with van der Waals surface area (Å²) in [7, 11) is 0. The molecule has 1 aromatic carbocycles. The van der Waals surface area contributed by atoms with Gasteiger partial charge in [-0.25, -0.2) is 13.2 Å². The summed E-state index contributed by atoms with van der Waals surface area (Å²) in [4.78, 5) is 12.8. The second-order valence-corrected chi connectivity index (χ2v) is 3.64. The fourth-order valence-electron chi connectivity index (χ4n) is 1.71. The summed E-state index contributed by atoms with van der Waals surface area (Å²) in [6.07, 6.45) is -0.426. The van der Waals surface area contributed by atoms with E-state index in [1.165, 1.54) is 12.1 Å². The number of nitrogens with one attached hydrogen (secondary N) is 1. The van der Waals surface area contributed by atoms with Crippen LogP contribution in [0.2, 0.25) is 0 Å². The van der Waals surface area contributed by atoms with E-state index in [9.17, 15) is 18.0 Å². The number of aromatic nitrogens is 1. The number of fused-ring (bicyclic) bond motifs is 1. The molecule has 3 nitrogen and oxygen atoms in total. The maximum absolute atomic E-state index is 13.6. The number of hydrogen-bond donors (Lipinski definition) is 2. The number of carboxylic acids is 1. The molecule has 6 heteroatoms. The molecule has 2 N–H and O–H groups in total. The van der Waals surface area contributed by atoms with Gasteiger partial charge in [0.25, 0.3) is 5.92 Å². The summed E-state index contributed by atoms with van der Waals surface area (Å²) in [5.74, 6) is -6.05. The van der Waals surface area contributed by atoms with Crippen LogP contribution in [0.3, 0.4) is 0 Å². The Morgan fingerprint density at radius 3 is 2.76 bits per heavy atom. The lowest BCUT2D eigenvalue weighted by Crippen LogP contribution is -2.18. The molecule has 0 fully saturated rings. The highest BCUT2D eigenvalue weighted by Crippen LogP contribution is 2.37. The van der Waals surface area contributed by atoms with Crippen LogP contribution >= 0.6 is 0 Å². The van der Waals surface area contributed by atoms with E-state index < -0.39 is 29.7 Å². The molecule has 1 heterocycles. The van der Waals surface area contributed by atoms with Gasteiger partial charge >= 0.3 is 5.97 Å². The standard InChI is InChI=1S/C11H8F3NO2/c12-7-2-1-3-8-10(7)6(5-15-8)11(13,14)4-9(16)17/h1-3,5,15H,4H2,(H,16,17). The van der Waals surface area contributed by atoms with Gasteiger partial charge in [0.15, 0.2) is 0 Å². The maximum Gasteiger partial charge on any atom is 0.309 e. The molecular weight excluding hydrogens is 235 g/mol. The normalized spacial score (nSPS) is 11.9. The summed E-state index contributed by atoms with van der Waals surface area (Å²) in [5, 5.41) is 8.14. The topological polar surface area (TPSA) is 53.1 Å². The monoisotopic (exact) mass is 243 g/mol. The van der Waals surface area contributed by atoms with E-state index in [2.05, 4.69) is 4.98 Å². The third-order valence-corrected chi connectivity index (χ3v) is 2.42. The molecule has 2 aromatic rings. The van der Waals surface area contributed by atoms with Crippen LogP contribution in [-0.4, -0.2) is 16.1 Å². The zero-order valence-corrected chi connectivity index (χ0v) is 8.51. The van der Waals surface area contributed by atoms with E-state index >= 15 is 0 Å². The van der Waals surface area contributed by atoms with Gasteiger partial charge < -0.3 is 10.1 Å². The summed E-state index contributed by atoms with van der Waals surface area (Å²) in [5.41, 5.74) is -0.418. The van der Waals surface area contributed by atoms with Crippen LogP contribution in [0.5, 0.6) is 0 Å². The minimum Gasteiger partial charge on any atom is -0.481 e. The van der Waals surface area contributed by atoms with E-state index in [0.717, 1.165) is 12.3 Å². The first kappa shape index (κ1) is 11.5. The molecule has 2 rings (SSSR count). The number of H-pyrrole nitrogens is 1. The minimum absolute atomic E-state index is 0.213. The van der Waals surface area contributed by atoms with Crippen LogP contribution in [0, 0.1) is 5.82 Å². The number of aromatic amines is 1. The van der Waals surface area contributed by atoms with Gasteiger partial charge in [0.1, 0.15) is 12.2 Å². The first-order valence-electron chi connectivity index (χ1n) is 4.77. The second kappa shape index (κ2) is 3.80. The largest absolute Gasteiger partial charge is 0.481 e. The first-order valence-corrected chi connectivity index (χ1v) is 4.77. The quantitative estimate of drug-likeness (QED) is 0.870. The Hall–Kier alpha value is -1.98. The van der Waals surface area contributed by atoms with Crippen molar-refractivity contribution in [2.45, 2.75) is 12.3 Å². The average Bonchev–Trinajstić information content (AvgIpc) is 2.61. The number of halogens is 3. The number of hydrogen-bond acceptors (Lipinski definition) is 1. The lowest BCUT2D eigenvalue weighted by Gasteiger charge is -2.13. The van der Waals surface area contributed by atoms with E-state index in [0.29, 0.717) is 0 Å². The van der Waals surface area contributed by atoms with Gasteiger partial charge in [-0.3, -0.25) is 4.79 Å². The molecule has 1 aromatic heterocycles. The van der Waals surface area contributed by atoms with Gasteiger partial charge in [0.2, 0.25) is 0 Å². The SMILES string of the molecule is O=C(O)CC(F)(F)c1c[nH]c2cccc(F)c12. The van der Waals surface area contributed by atoms with Crippen molar-refractivity contribution in [2.75, 3.05) is 0 Å². The van der Waals surface area contributed by atoms with Crippen molar-refractivity contribution in [3.05, 3.63) is 35.8 Å². The number of alkyl halides is 2. The summed E-state index contributed by atoms with van der Waals surface area (Å²) in [6, 6.07) is 3.88. The molecule has 0 bridgehead atoms. The van der Waals surface area contributed by atoms with Gasteiger partial charge in [-0.05, 0) is 12.1 Å². The van der Waals surface area contributed by atoms with Crippen LogP contribution in [0.15, 0.2) is 24.4 Å². The number of carbonyl (C=O) groups is 1. The first-order chi connectivity index (χ1) is 7.92. The number of rotatable bonds is 3. The average molecular weight is 243 g/mol. The van der Waals surface area contributed by atoms with Gasteiger partial charge in [-0.1, -0.05) is 6.07 Å². The highest BCUT2D eigenvalue weighted by molar-refractivity contribution is 5.85. The smallest absolute Gasteiger partial charge is 0.309 e. The Morgan fingerprint density at radius 1 is 1.41 bits per heavy atom. The molecular formula is C11H8F3NO2. The predicted octanol–water partition coefficient (Wildman–Crippen LogP) is 2.87. The van der Waals surface area contributed by atoms with Crippen LogP contribution in [-0.2, 0) is 10.7 Å². The van der Waals surface area contributed by atoms with Crippen LogP contribution in [0.25, 0.3) is 10.9 Å². The van der Waals surface area contributed by atoms with Crippen molar-refractivity contribution in [2.24, 2.45) is 0 Å². The van der Waals surface area contributed by atoms with Crippen molar-refractivity contribution in [1.29, 1.82) is 0 Å². The summed E-state index contributed by atoms with van der Waals surface area (Å²) >= 11 is 0. The van der Waals surface area contributed by atoms with E-state index in [4.69, 9.17) is 5.11 Å². The molecule has 0 unspecified atom stereocenters. The minimum atomic E-state index is -3.60. The number of aliphatic carboxylic acids is 1. The molecule has 0 aliphatic rings. The summed E-state index contributed by atoms with van der Waals surface area (Å²) < 4.78 is 40.6. The molecule has 90 valence electrons. The van der Waals surface area contributed by atoms with Gasteiger partial charge in [0.05, 0.1) is 0 Å². The predicted molar refractivity (Wildman–Crippen MR) is 54.4 cm³/mol. The van der Waals surface area contributed by atoms with Crippen LogP contribution < -0.4 is 0 Å². The zero-order valence-electron chi connectivity index (χ0n) is 8.51. The molecule has 0 aliphatic heterocycles. The molecule has 0 spiro atoms. The fraction of sp³-hybridized carbons (Fsp3) is 0.182. The Balaban J connectivity index is 2.59. The van der Waals surface area contributed by atoms with Crippen LogP contribution in [0.1, 0.15) is 12.0 Å². The lowest BCUT2D eigenvalue weighted by molar-refractivity contribution is -0.145. The van der Waals surface area contributed by atoms with Crippen molar-refractivity contribution < 1.29 is 23.1 Å².